The molecule has 0 amide bonds. The van der Waals surface area contributed by atoms with E-state index in [1.807, 2.05) is 0 Å². The topological polar surface area (TPSA) is 7.94 Å². The average molecular weight is 573 g/mol. The van der Waals surface area contributed by atoms with Gasteiger partial charge in [-0.15, -0.1) is 0 Å². The van der Waals surface area contributed by atoms with E-state index in [0.717, 1.165) is 15.0 Å². The number of allylic oxidation sites excluding steroid dienone is 2. The van der Waals surface area contributed by atoms with E-state index in [1.165, 1.54) is 36.4 Å². The summed E-state index contributed by atoms with van der Waals surface area (Å²) >= 11 is 9.24. The fourth-order valence-corrected chi connectivity index (χ4v) is 5.07. The van der Waals surface area contributed by atoms with Crippen LogP contribution in [0.1, 0.15) is 16.8 Å². The second-order valence-electron chi connectivity index (χ2n) is 5.98. The number of benzene rings is 1. The Morgan fingerprint density at radius 2 is 1.67 bits per heavy atom. The van der Waals surface area contributed by atoms with Crippen molar-refractivity contribution >= 4 is 65.0 Å². The van der Waals surface area contributed by atoms with Crippen molar-refractivity contribution in [1.29, 1.82) is 0 Å². The molecule has 0 radical (unpaired) electrons. The third kappa shape index (κ3) is 2.81. The minimum Gasteiger partial charge on any atom is -0.389 e. The molecule has 0 unspecified atom stereocenters. The number of rotatable bonds is 1. The van der Waals surface area contributed by atoms with Crippen molar-refractivity contribution in [2.24, 2.45) is 0 Å². The van der Waals surface area contributed by atoms with Crippen molar-refractivity contribution in [3.63, 3.8) is 0 Å². The SMILES string of the molecule is F[B-]1(F)n2c(Br)ccc2C(c2ccc(C(F)(F)F)c(Br)c2)=C2C=CC(Br)=[N+]21. The van der Waals surface area contributed by atoms with Crippen LogP contribution in [0.5, 0.6) is 0 Å². The minimum absolute atomic E-state index is 0.155. The van der Waals surface area contributed by atoms with Crippen LogP contribution < -0.4 is 0 Å². The van der Waals surface area contributed by atoms with Gasteiger partial charge in [-0.2, -0.15) is 13.2 Å². The van der Waals surface area contributed by atoms with Crippen molar-refractivity contribution in [3.8, 4) is 0 Å². The molecule has 0 N–H and O–H groups in total. The highest BCUT2D eigenvalue weighted by Gasteiger charge is 2.54. The molecule has 0 atom stereocenters. The second-order valence-corrected chi connectivity index (χ2v) is 8.46. The number of fused-ring (bicyclic) bond motifs is 2. The zero-order valence-corrected chi connectivity index (χ0v) is 17.8. The molecule has 11 heteroatoms. The molecule has 0 saturated heterocycles. The van der Waals surface area contributed by atoms with Gasteiger partial charge in [-0.3, -0.25) is 0 Å². The lowest BCUT2D eigenvalue weighted by atomic mass is 9.86. The summed E-state index contributed by atoms with van der Waals surface area (Å²) in [4.78, 5) is 0. The monoisotopic (exact) mass is 570 g/mol. The number of aromatic nitrogens is 1. The number of nitrogens with zero attached hydrogens (tertiary/aromatic N) is 2. The molecule has 4 rings (SSSR count). The maximum atomic E-state index is 15.1. The van der Waals surface area contributed by atoms with E-state index in [1.54, 1.807) is 0 Å². The Morgan fingerprint density at radius 1 is 0.963 bits per heavy atom. The lowest BCUT2D eigenvalue weighted by Gasteiger charge is -2.32. The van der Waals surface area contributed by atoms with Crippen LogP contribution in [-0.2, 0) is 6.18 Å². The summed E-state index contributed by atoms with van der Waals surface area (Å²) < 4.78 is 71.3. The first-order valence-corrected chi connectivity index (χ1v) is 9.92. The lowest BCUT2D eigenvalue weighted by Crippen LogP contribution is -2.50. The molecular weight excluding hydrogens is 566 g/mol. The summed E-state index contributed by atoms with van der Waals surface area (Å²) in [5.74, 6) is 0. The molecule has 0 bridgehead atoms. The summed E-state index contributed by atoms with van der Waals surface area (Å²) in [7, 11) is 0. The first-order valence-electron chi connectivity index (χ1n) is 7.54. The molecule has 2 nitrogen and oxygen atoms in total. The molecule has 3 heterocycles. The molecule has 0 spiro atoms. The lowest BCUT2D eigenvalue weighted by molar-refractivity contribution is -0.358. The summed E-state index contributed by atoms with van der Waals surface area (Å²) in [6.45, 7) is -4.17. The predicted molar refractivity (Wildman–Crippen MR) is 104 cm³/mol. The average Bonchev–Trinajstić information content (AvgIpc) is 3.11. The van der Waals surface area contributed by atoms with Crippen LogP contribution >= 0.6 is 47.8 Å². The van der Waals surface area contributed by atoms with Gasteiger partial charge in [-0.25, -0.2) is 0 Å². The summed E-state index contributed by atoms with van der Waals surface area (Å²) in [5.41, 5.74) is 0.409. The zero-order valence-electron chi connectivity index (χ0n) is 13.0. The van der Waals surface area contributed by atoms with Gasteiger partial charge in [0.05, 0.1) is 15.7 Å². The number of hydrogen-bond acceptors (Lipinski definition) is 0. The third-order valence-corrected chi connectivity index (χ3v) is 6.38. The summed E-state index contributed by atoms with van der Waals surface area (Å²) in [6, 6.07) is 6.53. The van der Waals surface area contributed by atoms with Gasteiger partial charge in [0.25, 0.3) is 0 Å². The van der Waals surface area contributed by atoms with Crippen LogP contribution in [0.25, 0.3) is 5.57 Å². The molecule has 2 aliphatic heterocycles. The van der Waals surface area contributed by atoms with Crippen LogP contribution in [0.4, 0.5) is 21.8 Å². The van der Waals surface area contributed by atoms with E-state index in [4.69, 9.17) is 0 Å². The van der Waals surface area contributed by atoms with E-state index in [-0.39, 0.29) is 25.1 Å². The standard InChI is InChI=1S/C16H7BBr3F5N2/c18-10-7-8(1-2-9(10)16(21,22)23)15-11-3-5-13(19)26(11)17(24,25)27-12(15)4-6-14(27)20/h1-7H. The fraction of sp³-hybridized carbons (Fsp3) is 0.0625. The fourth-order valence-electron chi connectivity index (χ4n) is 3.33. The molecule has 1 aromatic heterocycles. The Kier molecular flexibility index (Phi) is 4.36. The number of halogens is 8. The zero-order chi connectivity index (χ0) is 19.7. The van der Waals surface area contributed by atoms with E-state index in [0.29, 0.717) is 11.1 Å². The first-order chi connectivity index (χ1) is 12.5. The van der Waals surface area contributed by atoms with Crippen molar-refractivity contribution in [2.75, 3.05) is 0 Å². The summed E-state index contributed by atoms with van der Waals surface area (Å²) in [5, 5.41) is 0. The van der Waals surface area contributed by atoms with Gasteiger partial charge in [0.1, 0.15) is 0 Å². The van der Waals surface area contributed by atoms with E-state index in [9.17, 15) is 13.2 Å². The first kappa shape index (κ1) is 19.1. The third-order valence-electron chi connectivity index (χ3n) is 4.43. The Bertz CT molecular complexity index is 1080. The van der Waals surface area contributed by atoms with Gasteiger partial charge in [0, 0.05) is 38.2 Å². The smallest absolute Gasteiger partial charge is 0.389 e. The largest absolute Gasteiger partial charge is 0.738 e. The van der Waals surface area contributed by atoms with Crippen LogP contribution in [0, 0.1) is 0 Å². The van der Waals surface area contributed by atoms with Crippen LogP contribution in [-0.4, -0.2) is 20.6 Å². The van der Waals surface area contributed by atoms with Crippen molar-refractivity contribution < 1.29 is 26.3 Å². The van der Waals surface area contributed by atoms with Crippen molar-refractivity contribution in [1.82, 2.24) is 4.48 Å². The quantitative estimate of drug-likeness (QED) is 0.276. The molecule has 2 aliphatic rings. The van der Waals surface area contributed by atoms with E-state index in [2.05, 4.69) is 47.8 Å². The van der Waals surface area contributed by atoms with Gasteiger partial charge in [0.15, 0.2) is 5.70 Å². The van der Waals surface area contributed by atoms with Crippen LogP contribution in [0.2, 0.25) is 0 Å². The van der Waals surface area contributed by atoms with Crippen molar-refractivity contribution in [2.45, 2.75) is 6.18 Å². The highest BCUT2D eigenvalue weighted by Crippen LogP contribution is 2.43. The molecular formula is C16H7BBr3F5N2. The Hall–Kier alpha value is -1.20. The van der Waals surface area contributed by atoms with E-state index >= 15 is 8.63 Å². The normalized spacial score (nSPS) is 18.2. The Morgan fingerprint density at radius 3 is 2.30 bits per heavy atom. The Labute approximate surface area is 175 Å². The predicted octanol–water partition coefficient (Wildman–Crippen LogP) is 6.40. The second kappa shape index (κ2) is 6.15. The van der Waals surface area contributed by atoms with Crippen LogP contribution in [0.15, 0.2) is 57.3 Å². The number of hydrogen-bond donors (Lipinski definition) is 0. The molecule has 0 aliphatic carbocycles. The number of alkyl halides is 3. The molecule has 1 aromatic carbocycles. The Balaban J connectivity index is 2.02. The van der Waals surface area contributed by atoms with Crippen LogP contribution in [0.3, 0.4) is 0 Å². The molecule has 140 valence electrons. The van der Waals surface area contributed by atoms with Gasteiger partial charge >= 0.3 is 13.1 Å². The molecule has 2 aromatic rings. The molecule has 0 saturated carbocycles. The van der Waals surface area contributed by atoms with E-state index < -0.39 is 18.7 Å². The summed E-state index contributed by atoms with van der Waals surface area (Å²) in [6.07, 6.45) is -1.51. The van der Waals surface area contributed by atoms with Crippen molar-refractivity contribution in [3.05, 3.63) is 74.1 Å². The maximum Gasteiger partial charge on any atom is 0.738 e. The maximum absolute atomic E-state index is 15.1. The molecule has 27 heavy (non-hydrogen) atoms. The minimum atomic E-state index is -4.52. The van der Waals surface area contributed by atoms with Gasteiger partial charge < -0.3 is 17.6 Å². The van der Waals surface area contributed by atoms with Gasteiger partial charge in [-0.05, 0) is 45.8 Å². The highest BCUT2D eigenvalue weighted by molar-refractivity contribution is 9.18. The molecule has 0 fully saturated rings. The van der Waals surface area contributed by atoms with Gasteiger partial charge in [0.2, 0.25) is 4.62 Å². The van der Waals surface area contributed by atoms with Gasteiger partial charge in [-0.1, -0.05) is 22.0 Å². The highest BCUT2D eigenvalue weighted by atomic mass is 79.9.